The predicted octanol–water partition coefficient (Wildman–Crippen LogP) is 2.42. The van der Waals surface area contributed by atoms with Crippen LogP contribution in [-0.2, 0) is 17.4 Å². The molecule has 4 nitrogen and oxygen atoms in total. The average molecular weight is 262 g/mol. The number of benzene rings is 1. The third-order valence-corrected chi connectivity index (χ3v) is 2.27. The van der Waals surface area contributed by atoms with Crippen LogP contribution in [0.3, 0.4) is 0 Å². The van der Waals surface area contributed by atoms with Gasteiger partial charge in [0.1, 0.15) is 0 Å². The monoisotopic (exact) mass is 262 g/mol. The number of carboxylic acids is 2. The van der Waals surface area contributed by atoms with Gasteiger partial charge < -0.3 is 10.2 Å². The molecule has 0 bridgehead atoms. The third-order valence-electron chi connectivity index (χ3n) is 2.27. The molecule has 1 aromatic carbocycles. The number of carbonyl (C=O) groups is 2. The molecule has 18 heavy (non-hydrogen) atoms. The van der Waals surface area contributed by atoms with Crippen LogP contribution in [0.5, 0.6) is 0 Å². The second-order valence-electron chi connectivity index (χ2n) is 3.57. The Kier molecular flexibility index (Phi) is 3.95. The fourth-order valence-electron chi connectivity index (χ4n) is 1.43. The van der Waals surface area contributed by atoms with Crippen LogP contribution in [0.1, 0.15) is 27.9 Å². The van der Waals surface area contributed by atoms with Crippen molar-refractivity contribution in [1.82, 2.24) is 0 Å². The molecule has 0 saturated carbocycles. The molecule has 0 unspecified atom stereocenters. The SMILES string of the molecule is O=C(O)CCc1ccc(C(=O)O)cc1C(F)(F)F. The zero-order valence-corrected chi connectivity index (χ0v) is 8.99. The van der Waals surface area contributed by atoms with Gasteiger partial charge in [-0.3, -0.25) is 4.79 Å². The van der Waals surface area contributed by atoms with Crippen molar-refractivity contribution in [2.45, 2.75) is 19.0 Å². The van der Waals surface area contributed by atoms with Gasteiger partial charge in [-0.05, 0) is 24.1 Å². The Labute approximate surface area is 99.7 Å². The van der Waals surface area contributed by atoms with Crippen LogP contribution in [0.2, 0.25) is 0 Å². The highest BCUT2D eigenvalue weighted by atomic mass is 19.4. The van der Waals surface area contributed by atoms with Gasteiger partial charge in [0.05, 0.1) is 11.1 Å². The van der Waals surface area contributed by atoms with E-state index in [1.807, 2.05) is 0 Å². The first-order valence-corrected chi connectivity index (χ1v) is 4.87. The zero-order valence-electron chi connectivity index (χ0n) is 8.99. The molecule has 0 aliphatic heterocycles. The Morgan fingerprint density at radius 3 is 2.22 bits per heavy atom. The summed E-state index contributed by atoms with van der Waals surface area (Å²) in [6, 6.07) is 2.53. The van der Waals surface area contributed by atoms with Crippen LogP contribution < -0.4 is 0 Å². The summed E-state index contributed by atoms with van der Waals surface area (Å²) in [5.41, 5.74) is -1.82. The molecule has 0 amide bonds. The fraction of sp³-hybridized carbons (Fsp3) is 0.273. The largest absolute Gasteiger partial charge is 0.481 e. The van der Waals surface area contributed by atoms with E-state index in [4.69, 9.17) is 10.2 Å². The lowest BCUT2D eigenvalue weighted by Gasteiger charge is -2.13. The first-order valence-electron chi connectivity index (χ1n) is 4.87. The van der Waals surface area contributed by atoms with Crippen molar-refractivity contribution < 1.29 is 33.0 Å². The summed E-state index contributed by atoms with van der Waals surface area (Å²) in [5.74, 6) is -2.68. The highest BCUT2D eigenvalue weighted by molar-refractivity contribution is 5.88. The summed E-state index contributed by atoms with van der Waals surface area (Å²) in [7, 11) is 0. The lowest BCUT2D eigenvalue weighted by atomic mass is 9.99. The summed E-state index contributed by atoms with van der Waals surface area (Å²) in [5, 5.41) is 17.1. The van der Waals surface area contributed by atoms with E-state index in [2.05, 4.69) is 0 Å². The number of hydrogen-bond acceptors (Lipinski definition) is 2. The quantitative estimate of drug-likeness (QED) is 0.873. The maximum Gasteiger partial charge on any atom is 0.416 e. The van der Waals surface area contributed by atoms with Crippen molar-refractivity contribution in [2.24, 2.45) is 0 Å². The molecule has 1 aromatic rings. The number of hydrogen-bond donors (Lipinski definition) is 2. The van der Waals surface area contributed by atoms with Gasteiger partial charge >= 0.3 is 18.1 Å². The van der Waals surface area contributed by atoms with Gasteiger partial charge in [-0.1, -0.05) is 6.07 Å². The van der Waals surface area contributed by atoms with E-state index in [1.165, 1.54) is 0 Å². The zero-order chi connectivity index (χ0) is 13.9. The van der Waals surface area contributed by atoms with Gasteiger partial charge in [-0.25, -0.2) is 4.79 Å². The van der Waals surface area contributed by atoms with Gasteiger partial charge in [-0.2, -0.15) is 13.2 Å². The Morgan fingerprint density at radius 1 is 1.17 bits per heavy atom. The highest BCUT2D eigenvalue weighted by Crippen LogP contribution is 2.33. The molecule has 0 spiro atoms. The average Bonchev–Trinajstić information content (AvgIpc) is 2.24. The Balaban J connectivity index is 3.17. The molecule has 1 rings (SSSR count). The maximum atomic E-state index is 12.7. The summed E-state index contributed by atoms with van der Waals surface area (Å²) in [4.78, 5) is 20.9. The highest BCUT2D eigenvalue weighted by Gasteiger charge is 2.34. The van der Waals surface area contributed by atoms with Gasteiger partial charge in [-0.15, -0.1) is 0 Å². The Bertz CT molecular complexity index is 480. The van der Waals surface area contributed by atoms with Crippen molar-refractivity contribution in [3.05, 3.63) is 34.9 Å². The predicted molar refractivity (Wildman–Crippen MR) is 54.4 cm³/mol. The summed E-state index contributed by atoms with van der Waals surface area (Å²) < 4.78 is 38.0. The number of aromatic carboxylic acids is 1. The number of rotatable bonds is 4. The maximum absolute atomic E-state index is 12.7. The van der Waals surface area contributed by atoms with E-state index in [1.54, 1.807) is 0 Å². The number of aryl methyl sites for hydroxylation is 1. The van der Waals surface area contributed by atoms with Gasteiger partial charge in [0.2, 0.25) is 0 Å². The van der Waals surface area contributed by atoms with E-state index in [-0.39, 0.29) is 12.0 Å². The third kappa shape index (κ3) is 3.47. The second kappa shape index (κ2) is 5.07. The van der Waals surface area contributed by atoms with Gasteiger partial charge in [0, 0.05) is 6.42 Å². The normalized spacial score (nSPS) is 11.3. The minimum absolute atomic E-state index is 0.227. The molecular weight excluding hydrogens is 253 g/mol. The molecule has 98 valence electrons. The van der Waals surface area contributed by atoms with E-state index < -0.39 is 35.7 Å². The molecule has 0 saturated heterocycles. The minimum atomic E-state index is -4.71. The molecule has 0 aromatic heterocycles. The summed E-state index contributed by atoms with van der Waals surface area (Å²) in [6.45, 7) is 0. The second-order valence-corrected chi connectivity index (χ2v) is 3.57. The number of carboxylic acid groups (broad SMARTS) is 2. The smallest absolute Gasteiger partial charge is 0.416 e. The molecule has 0 aliphatic rings. The standard InChI is InChI=1S/C11H9F3O4/c12-11(13,14)8-5-7(10(17)18)2-1-6(8)3-4-9(15)16/h1-2,5H,3-4H2,(H,15,16)(H,17,18). The molecule has 2 N–H and O–H groups in total. The molecule has 0 atom stereocenters. The number of aliphatic carboxylic acids is 1. The van der Waals surface area contributed by atoms with E-state index in [0.29, 0.717) is 6.07 Å². The van der Waals surface area contributed by atoms with Crippen molar-refractivity contribution >= 4 is 11.9 Å². The van der Waals surface area contributed by atoms with Crippen LogP contribution in [0, 0.1) is 0 Å². The minimum Gasteiger partial charge on any atom is -0.481 e. The summed E-state index contributed by atoms with van der Waals surface area (Å²) in [6.07, 6.45) is -5.46. The molecular formula is C11H9F3O4. The topological polar surface area (TPSA) is 74.6 Å². The van der Waals surface area contributed by atoms with Crippen molar-refractivity contribution in [1.29, 1.82) is 0 Å². The lowest BCUT2D eigenvalue weighted by molar-refractivity contribution is -0.140. The van der Waals surface area contributed by atoms with Crippen molar-refractivity contribution in [3.63, 3.8) is 0 Å². The molecule has 7 heteroatoms. The van der Waals surface area contributed by atoms with Crippen LogP contribution in [0.25, 0.3) is 0 Å². The molecule has 0 aliphatic carbocycles. The van der Waals surface area contributed by atoms with Gasteiger partial charge in [0.25, 0.3) is 0 Å². The Hall–Kier alpha value is -2.05. The van der Waals surface area contributed by atoms with E-state index >= 15 is 0 Å². The van der Waals surface area contributed by atoms with Crippen molar-refractivity contribution in [2.75, 3.05) is 0 Å². The van der Waals surface area contributed by atoms with Crippen LogP contribution >= 0.6 is 0 Å². The Morgan fingerprint density at radius 2 is 1.78 bits per heavy atom. The molecule has 0 fully saturated rings. The first kappa shape index (κ1) is 14.0. The van der Waals surface area contributed by atoms with Crippen LogP contribution in [-0.4, -0.2) is 22.2 Å². The van der Waals surface area contributed by atoms with E-state index in [0.717, 1.165) is 12.1 Å². The first-order chi connectivity index (χ1) is 8.21. The van der Waals surface area contributed by atoms with Crippen LogP contribution in [0.4, 0.5) is 13.2 Å². The van der Waals surface area contributed by atoms with Crippen molar-refractivity contribution in [3.8, 4) is 0 Å². The lowest BCUT2D eigenvalue weighted by Crippen LogP contribution is -2.12. The number of halogens is 3. The molecule has 0 radical (unpaired) electrons. The summed E-state index contributed by atoms with van der Waals surface area (Å²) >= 11 is 0. The molecule has 0 heterocycles. The van der Waals surface area contributed by atoms with Crippen LogP contribution in [0.15, 0.2) is 18.2 Å². The number of alkyl halides is 3. The van der Waals surface area contributed by atoms with Gasteiger partial charge in [0.15, 0.2) is 0 Å². The fourth-order valence-corrected chi connectivity index (χ4v) is 1.43. The van der Waals surface area contributed by atoms with E-state index in [9.17, 15) is 22.8 Å².